The number of alkyl halides is 1. The summed E-state index contributed by atoms with van der Waals surface area (Å²) in [6, 6.07) is 0. The van der Waals surface area contributed by atoms with Crippen LogP contribution in [0.2, 0.25) is 0 Å². The van der Waals surface area contributed by atoms with E-state index in [4.69, 9.17) is 4.74 Å². The van der Waals surface area contributed by atoms with Crippen LogP contribution in [0.5, 0.6) is 5.88 Å². The molecule has 0 N–H and O–H groups in total. The molecule has 1 aromatic heterocycles. The third-order valence-corrected chi connectivity index (χ3v) is 4.35. The highest BCUT2D eigenvalue weighted by atomic mass is 79.9. The molecule has 90 valence electrons. The van der Waals surface area contributed by atoms with Crippen molar-refractivity contribution in [3.05, 3.63) is 17.6 Å². The predicted octanol–water partition coefficient (Wildman–Crippen LogP) is 3.15. The monoisotopic (exact) mass is 286 g/mol. The van der Waals surface area contributed by atoms with Crippen LogP contribution in [0, 0.1) is 12.3 Å². The van der Waals surface area contributed by atoms with Crippen LogP contribution in [-0.4, -0.2) is 21.9 Å². The van der Waals surface area contributed by atoms with Crippen LogP contribution in [0.4, 0.5) is 0 Å². The summed E-state index contributed by atoms with van der Waals surface area (Å²) in [5.74, 6) is 0.665. The van der Waals surface area contributed by atoms with E-state index in [9.17, 15) is 0 Å². The average molecular weight is 287 g/mol. The molecule has 1 heterocycles. The SMILES string of the molecule is COc1ncnc(CC(Br)C(C)(C)C)c1C. The Morgan fingerprint density at radius 1 is 1.38 bits per heavy atom. The Bertz CT molecular complexity index is 361. The summed E-state index contributed by atoms with van der Waals surface area (Å²) >= 11 is 3.71. The van der Waals surface area contributed by atoms with E-state index in [-0.39, 0.29) is 5.41 Å². The molecule has 0 aliphatic rings. The molecule has 0 aliphatic heterocycles. The second-order valence-corrected chi connectivity index (χ2v) is 6.10. The molecule has 1 aromatic rings. The molecule has 0 bridgehead atoms. The Kier molecular flexibility index (Phi) is 4.30. The molecule has 3 nitrogen and oxygen atoms in total. The molecule has 0 spiro atoms. The zero-order valence-corrected chi connectivity index (χ0v) is 12.1. The summed E-state index contributed by atoms with van der Waals surface area (Å²) in [7, 11) is 1.63. The van der Waals surface area contributed by atoms with Crippen LogP contribution in [0.15, 0.2) is 6.33 Å². The van der Waals surface area contributed by atoms with Crippen LogP contribution in [0.3, 0.4) is 0 Å². The molecule has 0 fully saturated rings. The summed E-state index contributed by atoms with van der Waals surface area (Å²) < 4.78 is 5.19. The van der Waals surface area contributed by atoms with Crippen molar-refractivity contribution in [1.29, 1.82) is 0 Å². The molecule has 0 radical (unpaired) electrons. The van der Waals surface area contributed by atoms with Crippen molar-refractivity contribution in [3.63, 3.8) is 0 Å². The van der Waals surface area contributed by atoms with Gasteiger partial charge in [-0.1, -0.05) is 36.7 Å². The Hall–Kier alpha value is -0.640. The average Bonchev–Trinajstić information content (AvgIpc) is 2.19. The molecular weight excluding hydrogens is 268 g/mol. The molecule has 0 saturated carbocycles. The topological polar surface area (TPSA) is 35.0 Å². The number of nitrogens with zero attached hydrogens (tertiary/aromatic N) is 2. The van der Waals surface area contributed by atoms with E-state index in [2.05, 4.69) is 46.7 Å². The maximum atomic E-state index is 5.19. The summed E-state index contributed by atoms with van der Waals surface area (Å²) in [5, 5.41) is 0. The largest absolute Gasteiger partial charge is 0.481 e. The highest BCUT2D eigenvalue weighted by Crippen LogP contribution is 2.30. The number of aromatic nitrogens is 2. The fourth-order valence-electron chi connectivity index (χ4n) is 1.36. The van der Waals surface area contributed by atoms with Gasteiger partial charge < -0.3 is 4.74 Å². The lowest BCUT2D eigenvalue weighted by molar-refractivity contribution is 0.384. The molecule has 0 aliphatic carbocycles. The van der Waals surface area contributed by atoms with Gasteiger partial charge in [-0.05, 0) is 12.3 Å². The normalized spacial score (nSPS) is 13.6. The van der Waals surface area contributed by atoms with E-state index in [0.717, 1.165) is 17.7 Å². The zero-order valence-electron chi connectivity index (χ0n) is 10.5. The molecule has 1 atom stereocenters. The number of ether oxygens (including phenoxy) is 1. The van der Waals surface area contributed by atoms with Gasteiger partial charge >= 0.3 is 0 Å². The van der Waals surface area contributed by atoms with Gasteiger partial charge in [-0.15, -0.1) is 0 Å². The minimum absolute atomic E-state index is 0.213. The van der Waals surface area contributed by atoms with E-state index in [1.165, 1.54) is 0 Å². The van der Waals surface area contributed by atoms with Gasteiger partial charge in [0.05, 0.1) is 12.8 Å². The first-order valence-corrected chi connectivity index (χ1v) is 6.26. The van der Waals surface area contributed by atoms with Crippen molar-refractivity contribution in [3.8, 4) is 5.88 Å². The summed E-state index contributed by atoms with van der Waals surface area (Å²) in [5.41, 5.74) is 2.28. The van der Waals surface area contributed by atoms with Gasteiger partial charge in [-0.2, -0.15) is 0 Å². The van der Waals surface area contributed by atoms with Gasteiger partial charge in [-0.25, -0.2) is 9.97 Å². The number of hydrogen-bond donors (Lipinski definition) is 0. The number of rotatable bonds is 3. The summed E-state index contributed by atoms with van der Waals surface area (Å²) in [4.78, 5) is 8.78. The molecule has 0 saturated heterocycles. The minimum atomic E-state index is 0.213. The first kappa shape index (κ1) is 13.4. The third-order valence-electron chi connectivity index (χ3n) is 2.65. The van der Waals surface area contributed by atoms with Gasteiger partial charge in [-0.3, -0.25) is 0 Å². The summed E-state index contributed by atoms with van der Waals surface area (Å²) in [6.45, 7) is 8.62. The maximum Gasteiger partial charge on any atom is 0.219 e. The molecule has 1 unspecified atom stereocenters. The second-order valence-electron chi connectivity index (χ2n) is 4.99. The van der Waals surface area contributed by atoms with Gasteiger partial charge in [0.1, 0.15) is 6.33 Å². The number of halogens is 1. The number of hydrogen-bond acceptors (Lipinski definition) is 3. The van der Waals surface area contributed by atoms with E-state index in [1.807, 2.05) is 6.92 Å². The van der Waals surface area contributed by atoms with Crippen molar-refractivity contribution >= 4 is 15.9 Å². The van der Waals surface area contributed by atoms with Crippen molar-refractivity contribution in [2.45, 2.75) is 38.9 Å². The zero-order chi connectivity index (χ0) is 12.3. The van der Waals surface area contributed by atoms with Crippen molar-refractivity contribution < 1.29 is 4.74 Å². The Morgan fingerprint density at radius 3 is 2.50 bits per heavy atom. The van der Waals surface area contributed by atoms with Crippen molar-refractivity contribution in [2.24, 2.45) is 5.41 Å². The highest BCUT2D eigenvalue weighted by Gasteiger charge is 2.23. The second kappa shape index (κ2) is 5.13. The first-order chi connectivity index (χ1) is 7.36. The van der Waals surface area contributed by atoms with Gasteiger partial charge in [0.15, 0.2) is 0 Å². The molecule has 1 rings (SSSR count). The lowest BCUT2D eigenvalue weighted by Crippen LogP contribution is -2.23. The lowest BCUT2D eigenvalue weighted by Gasteiger charge is -2.25. The quantitative estimate of drug-likeness (QED) is 0.801. The fourth-order valence-corrected chi connectivity index (χ4v) is 1.66. The molecule has 0 aromatic carbocycles. The fraction of sp³-hybridized carbons (Fsp3) is 0.667. The van der Waals surface area contributed by atoms with Crippen molar-refractivity contribution in [2.75, 3.05) is 7.11 Å². The van der Waals surface area contributed by atoms with Gasteiger partial charge in [0, 0.05) is 16.8 Å². The molecule has 4 heteroatoms. The van der Waals surface area contributed by atoms with E-state index in [0.29, 0.717) is 10.7 Å². The van der Waals surface area contributed by atoms with Gasteiger partial charge in [0.2, 0.25) is 5.88 Å². The minimum Gasteiger partial charge on any atom is -0.481 e. The van der Waals surface area contributed by atoms with Crippen LogP contribution in [0.1, 0.15) is 32.0 Å². The standard InChI is InChI=1S/C12H19BrN2O/c1-8-9(6-10(13)12(2,3)4)14-7-15-11(8)16-5/h7,10H,6H2,1-5H3. The third kappa shape index (κ3) is 3.17. The van der Waals surface area contributed by atoms with Crippen LogP contribution in [0.25, 0.3) is 0 Å². The highest BCUT2D eigenvalue weighted by molar-refractivity contribution is 9.09. The maximum absolute atomic E-state index is 5.19. The van der Waals surface area contributed by atoms with E-state index in [1.54, 1.807) is 13.4 Å². The Balaban J connectivity index is 2.90. The van der Waals surface area contributed by atoms with Crippen LogP contribution >= 0.6 is 15.9 Å². The predicted molar refractivity (Wildman–Crippen MR) is 69.2 cm³/mol. The Labute approximate surface area is 106 Å². The number of methoxy groups -OCH3 is 1. The Morgan fingerprint density at radius 2 is 2.00 bits per heavy atom. The first-order valence-electron chi connectivity index (χ1n) is 5.34. The summed E-state index contributed by atoms with van der Waals surface area (Å²) in [6.07, 6.45) is 2.44. The van der Waals surface area contributed by atoms with Gasteiger partial charge in [0.25, 0.3) is 0 Å². The molecule has 0 amide bonds. The van der Waals surface area contributed by atoms with Crippen molar-refractivity contribution in [1.82, 2.24) is 9.97 Å². The smallest absolute Gasteiger partial charge is 0.219 e. The molecule has 16 heavy (non-hydrogen) atoms. The van der Waals surface area contributed by atoms with E-state index < -0.39 is 0 Å². The van der Waals surface area contributed by atoms with Crippen LogP contribution in [-0.2, 0) is 6.42 Å². The lowest BCUT2D eigenvalue weighted by atomic mass is 9.89. The molecular formula is C12H19BrN2O. The van der Waals surface area contributed by atoms with E-state index >= 15 is 0 Å². The van der Waals surface area contributed by atoms with Crippen LogP contribution < -0.4 is 4.74 Å².